The molecule has 0 saturated carbocycles. The van der Waals surface area contributed by atoms with E-state index in [4.69, 9.17) is 4.74 Å². The first-order chi connectivity index (χ1) is 14.0. The Balaban J connectivity index is 1.59. The summed E-state index contributed by atoms with van der Waals surface area (Å²) in [6.45, 7) is 5.92. The van der Waals surface area contributed by atoms with Gasteiger partial charge in [0.15, 0.2) is 0 Å². The third-order valence-corrected chi connectivity index (χ3v) is 7.82. The number of benzene rings is 1. The van der Waals surface area contributed by atoms with Crippen molar-refractivity contribution in [1.82, 2.24) is 14.3 Å². The Kier molecular flexibility index (Phi) is 5.99. The minimum atomic E-state index is -3.51. The Morgan fingerprint density at radius 3 is 2.86 bits per heavy atom. The van der Waals surface area contributed by atoms with E-state index in [1.54, 1.807) is 10.4 Å². The number of hydrogen-bond acceptors (Lipinski definition) is 5. The summed E-state index contributed by atoms with van der Waals surface area (Å²) in [7, 11) is -3.51. The summed E-state index contributed by atoms with van der Waals surface area (Å²) < 4.78 is 33.9. The molecule has 2 aliphatic rings. The van der Waals surface area contributed by atoms with Gasteiger partial charge < -0.3 is 4.74 Å². The minimum absolute atomic E-state index is 0.0603. The van der Waals surface area contributed by atoms with Crippen LogP contribution in [-0.4, -0.2) is 42.4 Å². The van der Waals surface area contributed by atoms with E-state index in [-0.39, 0.29) is 5.92 Å². The molecule has 6 nitrogen and oxygen atoms in total. The van der Waals surface area contributed by atoms with Gasteiger partial charge in [0.1, 0.15) is 5.82 Å². The van der Waals surface area contributed by atoms with Crippen LogP contribution in [0.4, 0.5) is 0 Å². The molecule has 0 N–H and O–H groups in total. The second-order valence-electron chi connectivity index (χ2n) is 7.95. The molecule has 1 saturated heterocycles. The summed E-state index contributed by atoms with van der Waals surface area (Å²) in [4.78, 5) is 9.41. The van der Waals surface area contributed by atoms with E-state index in [0.29, 0.717) is 37.0 Å². The van der Waals surface area contributed by atoms with Gasteiger partial charge in [-0.2, -0.15) is 4.31 Å². The Bertz CT molecular complexity index is 991. The highest BCUT2D eigenvalue weighted by molar-refractivity contribution is 7.89. The first-order valence-corrected chi connectivity index (χ1v) is 11.9. The zero-order valence-corrected chi connectivity index (χ0v) is 18.0. The van der Waals surface area contributed by atoms with Crippen molar-refractivity contribution in [3.05, 3.63) is 52.6 Å². The molecule has 7 heteroatoms. The van der Waals surface area contributed by atoms with Gasteiger partial charge in [-0.05, 0) is 69.2 Å². The third kappa shape index (κ3) is 4.22. The largest absolute Gasteiger partial charge is 0.377 e. The van der Waals surface area contributed by atoms with Crippen LogP contribution in [0.5, 0.6) is 0 Å². The molecule has 0 radical (unpaired) electrons. The zero-order chi connectivity index (χ0) is 20.4. The van der Waals surface area contributed by atoms with Crippen molar-refractivity contribution >= 4 is 10.0 Å². The van der Waals surface area contributed by atoms with Crippen molar-refractivity contribution in [2.45, 2.75) is 63.4 Å². The van der Waals surface area contributed by atoms with Gasteiger partial charge in [-0.1, -0.05) is 6.07 Å². The highest BCUT2D eigenvalue weighted by Gasteiger charge is 2.33. The summed E-state index contributed by atoms with van der Waals surface area (Å²) in [6.07, 6.45) is 6.71. The average Bonchev–Trinajstić information content (AvgIpc) is 3.21. The first-order valence-electron chi connectivity index (χ1n) is 10.5. The van der Waals surface area contributed by atoms with Gasteiger partial charge in [0.2, 0.25) is 10.0 Å². The molecular weight excluding hydrogens is 386 g/mol. The number of rotatable bonds is 6. The van der Waals surface area contributed by atoms with E-state index in [1.807, 2.05) is 32.2 Å². The molecule has 1 unspecified atom stereocenters. The lowest BCUT2D eigenvalue weighted by Gasteiger charge is -2.32. The molecule has 1 aliphatic heterocycles. The Hall–Kier alpha value is -1.83. The molecule has 0 bridgehead atoms. The maximum Gasteiger partial charge on any atom is 0.243 e. The van der Waals surface area contributed by atoms with Crippen LogP contribution in [0.15, 0.2) is 29.3 Å². The number of aryl methyl sites for hydroxylation is 3. The van der Waals surface area contributed by atoms with E-state index in [1.165, 1.54) is 11.1 Å². The molecule has 2 heterocycles. The van der Waals surface area contributed by atoms with E-state index >= 15 is 0 Å². The molecule has 1 aromatic carbocycles. The summed E-state index contributed by atoms with van der Waals surface area (Å²) in [5.74, 6) is 0.768. The Morgan fingerprint density at radius 1 is 1.21 bits per heavy atom. The standard InChI is InChI=1S/C22H29N3O3S/c1-3-28-15-20-13-23-16(2)24-22(20)19-8-5-11-25(14-19)29(26,27)21-10-9-17-6-4-7-18(17)12-21/h9-10,12-13,19H,3-8,11,14-15H2,1-2H3. The van der Waals surface area contributed by atoms with Crippen LogP contribution in [0.1, 0.15) is 60.3 Å². The molecule has 2 aromatic rings. The molecule has 1 fully saturated rings. The van der Waals surface area contributed by atoms with E-state index in [9.17, 15) is 8.42 Å². The second kappa shape index (κ2) is 8.50. The fraction of sp³-hybridized carbons (Fsp3) is 0.545. The smallest absolute Gasteiger partial charge is 0.243 e. The number of aromatic nitrogens is 2. The fourth-order valence-electron chi connectivity index (χ4n) is 4.43. The van der Waals surface area contributed by atoms with Gasteiger partial charge in [-0.15, -0.1) is 0 Å². The van der Waals surface area contributed by atoms with Crippen LogP contribution in [0, 0.1) is 6.92 Å². The summed E-state index contributed by atoms with van der Waals surface area (Å²) in [5.41, 5.74) is 4.36. The molecule has 29 heavy (non-hydrogen) atoms. The van der Waals surface area contributed by atoms with Crippen LogP contribution >= 0.6 is 0 Å². The maximum atomic E-state index is 13.4. The number of ether oxygens (including phenoxy) is 1. The van der Waals surface area contributed by atoms with Crippen molar-refractivity contribution < 1.29 is 13.2 Å². The number of nitrogens with zero attached hydrogens (tertiary/aromatic N) is 3. The summed E-state index contributed by atoms with van der Waals surface area (Å²) >= 11 is 0. The molecule has 1 aromatic heterocycles. The van der Waals surface area contributed by atoms with Gasteiger partial charge in [0, 0.05) is 37.4 Å². The van der Waals surface area contributed by atoms with Crippen molar-refractivity contribution in [2.75, 3.05) is 19.7 Å². The quantitative estimate of drug-likeness (QED) is 0.723. The van der Waals surface area contributed by atoms with Crippen LogP contribution < -0.4 is 0 Å². The highest BCUT2D eigenvalue weighted by Crippen LogP contribution is 2.32. The van der Waals surface area contributed by atoms with Crippen LogP contribution in [-0.2, 0) is 34.2 Å². The molecule has 156 valence electrons. The van der Waals surface area contributed by atoms with Crippen LogP contribution in [0.3, 0.4) is 0 Å². The normalized spacial score (nSPS) is 20.0. The van der Waals surface area contributed by atoms with Gasteiger partial charge in [0.25, 0.3) is 0 Å². The Labute approximate surface area is 173 Å². The fourth-order valence-corrected chi connectivity index (χ4v) is 6.01. The van der Waals surface area contributed by atoms with Crippen molar-refractivity contribution in [2.24, 2.45) is 0 Å². The molecule has 1 atom stereocenters. The lowest BCUT2D eigenvalue weighted by atomic mass is 9.93. The lowest BCUT2D eigenvalue weighted by Crippen LogP contribution is -2.39. The minimum Gasteiger partial charge on any atom is -0.377 e. The van der Waals surface area contributed by atoms with Gasteiger partial charge >= 0.3 is 0 Å². The average molecular weight is 416 g/mol. The maximum absolute atomic E-state index is 13.4. The summed E-state index contributed by atoms with van der Waals surface area (Å²) in [6, 6.07) is 5.65. The molecule has 0 amide bonds. The van der Waals surface area contributed by atoms with Gasteiger partial charge in [-0.25, -0.2) is 18.4 Å². The highest BCUT2D eigenvalue weighted by atomic mass is 32.2. The molecule has 1 aliphatic carbocycles. The van der Waals surface area contributed by atoms with Gasteiger partial charge in [-0.3, -0.25) is 0 Å². The summed E-state index contributed by atoms with van der Waals surface area (Å²) in [5, 5.41) is 0. The SMILES string of the molecule is CCOCc1cnc(C)nc1C1CCCN(S(=O)(=O)c2ccc3c(c2)CCC3)C1. The van der Waals surface area contributed by atoms with Crippen molar-refractivity contribution in [3.8, 4) is 0 Å². The molecule has 0 spiro atoms. The van der Waals surface area contributed by atoms with Crippen molar-refractivity contribution in [3.63, 3.8) is 0 Å². The van der Waals surface area contributed by atoms with E-state index in [0.717, 1.165) is 43.4 Å². The van der Waals surface area contributed by atoms with Crippen LogP contribution in [0.25, 0.3) is 0 Å². The predicted octanol–water partition coefficient (Wildman–Crippen LogP) is 3.38. The van der Waals surface area contributed by atoms with Gasteiger partial charge in [0.05, 0.1) is 17.2 Å². The van der Waals surface area contributed by atoms with Crippen LogP contribution in [0.2, 0.25) is 0 Å². The first kappa shape index (κ1) is 20.4. The number of sulfonamides is 1. The molecular formula is C22H29N3O3S. The monoisotopic (exact) mass is 415 g/mol. The zero-order valence-electron chi connectivity index (χ0n) is 17.2. The predicted molar refractivity (Wildman–Crippen MR) is 111 cm³/mol. The number of piperidine rings is 1. The lowest BCUT2D eigenvalue weighted by molar-refractivity contribution is 0.132. The second-order valence-corrected chi connectivity index (χ2v) is 9.89. The van der Waals surface area contributed by atoms with E-state index < -0.39 is 10.0 Å². The Morgan fingerprint density at radius 2 is 2.03 bits per heavy atom. The number of fused-ring (bicyclic) bond motifs is 1. The molecule has 4 rings (SSSR count). The third-order valence-electron chi connectivity index (χ3n) is 5.96. The van der Waals surface area contributed by atoms with Crippen molar-refractivity contribution in [1.29, 1.82) is 0 Å². The topological polar surface area (TPSA) is 72.4 Å². The van der Waals surface area contributed by atoms with E-state index in [2.05, 4.69) is 9.97 Å². The number of hydrogen-bond donors (Lipinski definition) is 0.